The number of nitrogens with one attached hydrogen (secondary N) is 3. The fraction of sp³-hybridized carbons (Fsp3) is 0.290. The fourth-order valence-corrected chi connectivity index (χ4v) is 6.57. The van der Waals surface area contributed by atoms with Crippen LogP contribution in [0.5, 0.6) is 0 Å². The highest BCUT2D eigenvalue weighted by Crippen LogP contribution is 2.27. The van der Waals surface area contributed by atoms with E-state index in [1.807, 2.05) is 54.7 Å². The van der Waals surface area contributed by atoms with Crippen LogP contribution in [0.25, 0.3) is 22.4 Å². The zero-order valence-electron chi connectivity index (χ0n) is 22.3. The SMILES string of the molecule is O=C(Nc1ccc(CN2CCS(=O)(=O)CC2)cc1)c1ccc(-c2ccc(-c3cnc(C4CCCN4)[nH]3)cc2)cc1. The van der Waals surface area contributed by atoms with Gasteiger partial charge >= 0.3 is 0 Å². The number of hydrogen-bond acceptors (Lipinski definition) is 6. The highest BCUT2D eigenvalue weighted by atomic mass is 32.2. The number of anilines is 1. The second-order valence-electron chi connectivity index (χ2n) is 10.6. The lowest BCUT2D eigenvalue weighted by Gasteiger charge is -2.26. The molecule has 1 aromatic heterocycles. The van der Waals surface area contributed by atoms with Crippen molar-refractivity contribution in [2.45, 2.75) is 25.4 Å². The van der Waals surface area contributed by atoms with Crippen molar-refractivity contribution in [2.24, 2.45) is 0 Å². The molecule has 3 N–H and O–H groups in total. The zero-order chi connectivity index (χ0) is 27.5. The number of amides is 1. The number of rotatable bonds is 7. The van der Waals surface area contributed by atoms with Crippen LogP contribution in [0.15, 0.2) is 79.0 Å². The van der Waals surface area contributed by atoms with Crippen LogP contribution in [0, 0.1) is 0 Å². The van der Waals surface area contributed by atoms with Gasteiger partial charge in [-0.25, -0.2) is 13.4 Å². The Labute approximate surface area is 234 Å². The van der Waals surface area contributed by atoms with Gasteiger partial charge in [0, 0.05) is 30.9 Å². The first-order valence-electron chi connectivity index (χ1n) is 13.7. The van der Waals surface area contributed by atoms with E-state index in [1.54, 1.807) is 0 Å². The fourth-order valence-electron chi connectivity index (χ4n) is 5.30. The van der Waals surface area contributed by atoms with Gasteiger partial charge in [0.15, 0.2) is 9.84 Å². The van der Waals surface area contributed by atoms with Gasteiger partial charge in [0.1, 0.15) is 5.82 Å². The van der Waals surface area contributed by atoms with Crippen molar-refractivity contribution >= 4 is 21.4 Å². The summed E-state index contributed by atoms with van der Waals surface area (Å²) in [5, 5.41) is 6.43. The van der Waals surface area contributed by atoms with Crippen LogP contribution in [0.4, 0.5) is 5.69 Å². The summed E-state index contributed by atoms with van der Waals surface area (Å²) >= 11 is 0. The molecule has 0 radical (unpaired) electrons. The molecule has 1 unspecified atom stereocenters. The number of aromatic amines is 1. The largest absolute Gasteiger partial charge is 0.341 e. The first-order chi connectivity index (χ1) is 19.4. The van der Waals surface area contributed by atoms with E-state index in [0.29, 0.717) is 31.2 Å². The number of sulfone groups is 1. The van der Waals surface area contributed by atoms with E-state index in [4.69, 9.17) is 0 Å². The molecular weight excluding hydrogens is 522 g/mol. The molecular formula is C31H33N5O3S. The van der Waals surface area contributed by atoms with Crippen molar-refractivity contribution < 1.29 is 13.2 Å². The molecule has 206 valence electrons. The van der Waals surface area contributed by atoms with Crippen molar-refractivity contribution in [2.75, 3.05) is 36.5 Å². The van der Waals surface area contributed by atoms with E-state index >= 15 is 0 Å². The number of carbonyl (C=O) groups excluding carboxylic acids is 1. The molecule has 2 fully saturated rings. The number of imidazole rings is 1. The zero-order valence-corrected chi connectivity index (χ0v) is 23.1. The third-order valence-electron chi connectivity index (χ3n) is 7.72. The first kappa shape index (κ1) is 26.4. The van der Waals surface area contributed by atoms with Gasteiger partial charge in [0.05, 0.1) is 29.4 Å². The van der Waals surface area contributed by atoms with Crippen molar-refractivity contribution in [3.05, 3.63) is 95.9 Å². The monoisotopic (exact) mass is 555 g/mol. The molecule has 0 spiro atoms. The molecule has 0 aliphatic carbocycles. The molecule has 2 aliphatic heterocycles. The number of nitrogens with zero attached hydrogens (tertiary/aromatic N) is 2. The van der Waals surface area contributed by atoms with Crippen LogP contribution >= 0.6 is 0 Å². The van der Waals surface area contributed by atoms with Crippen molar-refractivity contribution in [3.8, 4) is 22.4 Å². The Balaban J connectivity index is 1.04. The quantitative estimate of drug-likeness (QED) is 0.307. The molecule has 4 aromatic rings. The van der Waals surface area contributed by atoms with Crippen molar-refractivity contribution in [1.82, 2.24) is 20.2 Å². The summed E-state index contributed by atoms with van der Waals surface area (Å²) in [6.45, 7) is 2.86. The normalized spacial score (nSPS) is 18.9. The summed E-state index contributed by atoms with van der Waals surface area (Å²) in [5.74, 6) is 1.27. The standard InChI is InChI=1S/C31H33N5O3S/c37-31(34-27-13-3-22(4-14-27)21-36-16-18-40(38,39)19-17-36)26-11-7-24(8-12-26)23-5-9-25(10-6-23)29-20-33-30(35-29)28-2-1-15-32-28/h3-14,20,28,32H,1-2,15-19,21H2,(H,33,35)(H,34,37). The minimum absolute atomic E-state index is 0.164. The molecule has 2 saturated heterocycles. The second kappa shape index (κ2) is 11.4. The topological polar surface area (TPSA) is 107 Å². The molecule has 1 atom stereocenters. The number of carbonyl (C=O) groups is 1. The maximum Gasteiger partial charge on any atom is 0.255 e. The van der Waals surface area contributed by atoms with Gasteiger partial charge in [0.2, 0.25) is 0 Å². The summed E-state index contributed by atoms with van der Waals surface area (Å²) in [6, 6.07) is 24.0. The van der Waals surface area contributed by atoms with Gasteiger partial charge in [-0.2, -0.15) is 0 Å². The average molecular weight is 556 g/mol. The van der Waals surface area contributed by atoms with Gasteiger partial charge < -0.3 is 15.6 Å². The Kier molecular flexibility index (Phi) is 7.51. The Morgan fingerprint density at radius 3 is 2.20 bits per heavy atom. The third kappa shape index (κ3) is 6.17. The number of hydrogen-bond donors (Lipinski definition) is 3. The molecule has 9 heteroatoms. The number of benzene rings is 3. The maximum absolute atomic E-state index is 12.8. The Bertz CT molecular complexity index is 1560. The van der Waals surface area contributed by atoms with Crippen LogP contribution in [0.1, 0.15) is 40.6 Å². The lowest BCUT2D eigenvalue weighted by Crippen LogP contribution is -2.39. The summed E-state index contributed by atoms with van der Waals surface area (Å²) < 4.78 is 23.3. The Hall–Kier alpha value is -3.79. The smallest absolute Gasteiger partial charge is 0.255 e. The average Bonchev–Trinajstić information content (AvgIpc) is 3.68. The first-order valence-corrected chi connectivity index (χ1v) is 15.6. The molecule has 8 nitrogen and oxygen atoms in total. The van der Waals surface area contributed by atoms with E-state index < -0.39 is 9.84 Å². The van der Waals surface area contributed by atoms with Crippen LogP contribution < -0.4 is 10.6 Å². The van der Waals surface area contributed by atoms with Crippen LogP contribution in [0.3, 0.4) is 0 Å². The maximum atomic E-state index is 12.8. The van der Waals surface area contributed by atoms with Crippen LogP contribution in [0.2, 0.25) is 0 Å². The predicted molar refractivity (Wildman–Crippen MR) is 158 cm³/mol. The number of H-pyrrole nitrogens is 1. The lowest BCUT2D eigenvalue weighted by molar-refractivity contribution is 0.102. The summed E-state index contributed by atoms with van der Waals surface area (Å²) in [5.41, 5.74) is 6.62. The van der Waals surface area contributed by atoms with E-state index in [-0.39, 0.29) is 17.4 Å². The molecule has 0 saturated carbocycles. The molecule has 1 amide bonds. The van der Waals surface area contributed by atoms with E-state index in [0.717, 1.165) is 52.4 Å². The van der Waals surface area contributed by atoms with E-state index in [1.165, 1.54) is 6.42 Å². The molecule has 0 bridgehead atoms. The lowest BCUT2D eigenvalue weighted by atomic mass is 10.0. The van der Waals surface area contributed by atoms with E-state index in [2.05, 4.69) is 49.8 Å². The molecule has 3 heterocycles. The van der Waals surface area contributed by atoms with Crippen molar-refractivity contribution in [3.63, 3.8) is 0 Å². The predicted octanol–water partition coefficient (Wildman–Crippen LogP) is 4.65. The van der Waals surface area contributed by atoms with Gasteiger partial charge in [-0.1, -0.05) is 48.5 Å². The minimum atomic E-state index is -2.88. The molecule has 3 aromatic carbocycles. The highest BCUT2D eigenvalue weighted by Gasteiger charge is 2.21. The second-order valence-corrected chi connectivity index (χ2v) is 12.9. The van der Waals surface area contributed by atoms with Crippen molar-refractivity contribution in [1.29, 1.82) is 0 Å². The summed E-state index contributed by atoms with van der Waals surface area (Å²) in [4.78, 5) is 23.0. The highest BCUT2D eigenvalue weighted by molar-refractivity contribution is 7.91. The Morgan fingerprint density at radius 2 is 1.55 bits per heavy atom. The number of aromatic nitrogens is 2. The van der Waals surface area contributed by atoms with Gasteiger partial charge in [-0.15, -0.1) is 0 Å². The molecule has 40 heavy (non-hydrogen) atoms. The van der Waals surface area contributed by atoms with Gasteiger partial charge in [0.25, 0.3) is 5.91 Å². The minimum Gasteiger partial charge on any atom is -0.341 e. The van der Waals surface area contributed by atoms with E-state index in [9.17, 15) is 13.2 Å². The molecule has 6 rings (SSSR count). The van der Waals surface area contributed by atoms with Gasteiger partial charge in [-0.3, -0.25) is 9.69 Å². The third-order valence-corrected chi connectivity index (χ3v) is 9.33. The van der Waals surface area contributed by atoms with Gasteiger partial charge in [-0.05, 0) is 65.9 Å². The molecule has 2 aliphatic rings. The Morgan fingerprint density at radius 1 is 0.900 bits per heavy atom. The van der Waals surface area contributed by atoms with Crippen LogP contribution in [-0.2, 0) is 16.4 Å². The summed E-state index contributed by atoms with van der Waals surface area (Å²) in [6.07, 6.45) is 4.19. The summed E-state index contributed by atoms with van der Waals surface area (Å²) in [7, 11) is -2.88. The van der Waals surface area contributed by atoms with Crippen LogP contribution in [-0.4, -0.2) is 60.3 Å².